The molecule has 11 nitrogen and oxygen atoms in total. The van der Waals surface area contributed by atoms with Gasteiger partial charge in [0.25, 0.3) is 11.5 Å². The van der Waals surface area contributed by atoms with Crippen molar-refractivity contribution in [3.05, 3.63) is 70.7 Å². The lowest BCUT2D eigenvalue weighted by Gasteiger charge is -2.35. The molecular weight excluding hydrogens is 448 g/mol. The molecule has 1 fully saturated rings. The van der Waals surface area contributed by atoms with Crippen molar-refractivity contribution in [1.29, 1.82) is 0 Å². The monoisotopic (exact) mass is 474 g/mol. The number of aromatic nitrogens is 5. The first-order chi connectivity index (χ1) is 17.0. The minimum absolute atomic E-state index is 0.0140. The van der Waals surface area contributed by atoms with E-state index >= 15 is 0 Å². The third kappa shape index (κ3) is 4.21. The van der Waals surface area contributed by atoms with Crippen LogP contribution in [-0.2, 0) is 4.74 Å². The number of methoxy groups -OCH3 is 1. The molecule has 2 unspecified atom stereocenters. The predicted molar refractivity (Wildman–Crippen MR) is 132 cm³/mol. The molecule has 4 heterocycles. The fourth-order valence-electron chi connectivity index (χ4n) is 4.06. The standard InChI is InChI=1S/C24H26N8O3/c1-14-6-7-15(12-26-14)31-10-4-5-17(24(31)34)28-21-11-18(25-2)22-27-13-19(32(22)30-21)23(33)29-16-8-9-20(16)35-3/h4-7,10-13,16,20,25H,8-9H2,1-3H3,(H,28,30)(H,29,33). The molecule has 0 spiro atoms. The lowest BCUT2D eigenvalue weighted by molar-refractivity contribution is 0.00718. The van der Waals surface area contributed by atoms with Gasteiger partial charge in [-0.1, -0.05) is 0 Å². The van der Waals surface area contributed by atoms with Crippen molar-refractivity contribution >= 4 is 28.7 Å². The van der Waals surface area contributed by atoms with Crippen molar-refractivity contribution in [2.75, 3.05) is 24.8 Å². The van der Waals surface area contributed by atoms with Crippen LogP contribution in [0.2, 0.25) is 0 Å². The van der Waals surface area contributed by atoms with Crippen LogP contribution in [0.4, 0.5) is 17.2 Å². The van der Waals surface area contributed by atoms with E-state index in [1.54, 1.807) is 44.8 Å². The first kappa shape index (κ1) is 22.5. The number of ether oxygens (including phenoxy) is 1. The number of hydrogen-bond acceptors (Lipinski definition) is 8. The molecule has 4 aromatic heterocycles. The van der Waals surface area contributed by atoms with Gasteiger partial charge >= 0.3 is 0 Å². The fraction of sp³-hybridized carbons (Fsp3) is 0.292. The molecule has 180 valence electrons. The summed E-state index contributed by atoms with van der Waals surface area (Å²) in [4.78, 5) is 34.8. The van der Waals surface area contributed by atoms with Crippen molar-refractivity contribution < 1.29 is 9.53 Å². The average molecular weight is 475 g/mol. The summed E-state index contributed by atoms with van der Waals surface area (Å²) in [7, 11) is 3.40. The Hall–Kier alpha value is -4.25. The largest absolute Gasteiger partial charge is 0.385 e. The summed E-state index contributed by atoms with van der Waals surface area (Å²) >= 11 is 0. The molecule has 0 saturated heterocycles. The first-order valence-corrected chi connectivity index (χ1v) is 11.3. The maximum Gasteiger partial charge on any atom is 0.278 e. The Bertz CT molecular complexity index is 1440. The zero-order valence-corrected chi connectivity index (χ0v) is 19.6. The molecule has 0 aromatic carbocycles. The molecule has 4 aromatic rings. The molecule has 35 heavy (non-hydrogen) atoms. The zero-order valence-electron chi connectivity index (χ0n) is 19.6. The van der Waals surface area contributed by atoms with Gasteiger partial charge in [-0.3, -0.25) is 19.1 Å². The number of nitrogens with one attached hydrogen (secondary N) is 3. The number of carbonyl (C=O) groups excluding carboxylic acids is 1. The molecular formula is C24H26N8O3. The van der Waals surface area contributed by atoms with Crippen LogP contribution in [0, 0.1) is 6.92 Å². The van der Waals surface area contributed by atoms with Crippen LogP contribution in [0.25, 0.3) is 11.3 Å². The number of aryl methyl sites for hydroxylation is 1. The van der Waals surface area contributed by atoms with Crippen LogP contribution in [0.1, 0.15) is 29.0 Å². The highest BCUT2D eigenvalue weighted by Crippen LogP contribution is 2.24. The summed E-state index contributed by atoms with van der Waals surface area (Å²) in [6.07, 6.45) is 6.61. The highest BCUT2D eigenvalue weighted by Gasteiger charge is 2.33. The van der Waals surface area contributed by atoms with E-state index < -0.39 is 0 Å². The quantitative estimate of drug-likeness (QED) is 0.372. The van der Waals surface area contributed by atoms with Crippen LogP contribution in [0.3, 0.4) is 0 Å². The van der Waals surface area contributed by atoms with Gasteiger partial charge in [-0.2, -0.15) is 0 Å². The highest BCUT2D eigenvalue weighted by molar-refractivity contribution is 5.94. The first-order valence-electron chi connectivity index (χ1n) is 11.3. The second-order valence-electron chi connectivity index (χ2n) is 8.38. The van der Waals surface area contributed by atoms with Gasteiger partial charge in [0.1, 0.15) is 5.69 Å². The second kappa shape index (κ2) is 9.18. The van der Waals surface area contributed by atoms with E-state index in [4.69, 9.17) is 4.74 Å². The lowest BCUT2D eigenvalue weighted by Crippen LogP contribution is -2.51. The predicted octanol–water partition coefficient (Wildman–Crippen LogP) is 2.28. The maximum absolute atomic E-state index is 13.2. The van der Waals surface area contributed by atoms with Gasteiger partial charge in [-0.25, -0.2) is 9.50 Å². The van der Waals surface area contributed by atoms with Crippen molar-refractivity contribution in [2.24, 2.45) is 0 Å². The van der Waals surface area contributed by atoms with Crippen molar-refractivity contribution in [1.82, 2.24) is 29.5 Å². The smallest absolute Gasteiger partial charge is 0.278 e. The van der Waals surface area contributed by atoms with Gasteiger partial charge < -0.3 is 20.7 Å². The maximum atomic E-state index is 13.2. The van der Waals surface area contributed by atoms with Crippen molar-refractivity contribution in [3.8, 4) is 5.69 Å². The SMILES string of the molecule is CNc1cc(Nc2cccn(-c3ccc(C)nc3)c2=O)nn2c(C(=O)NC3CCC3OC)cnc12. The highest BCUT2D eigenvalue weighted by atomic mass is 16.5. The molecule has 5 rings (SSSR count). The van der Waals surface area contributed by atoms with Crippen molar-refractivity contribution in [2.45, 2.75) is 31.9 Å². The number of imidazole rings is 1. The van der Waals surface area contributed by atoms with Crippen LogP contribution in [0.15, 0.2) is 53.7 Å². The molecule has 1 aliphatic carbocycles. The van der Waals surface area contributed by atoms with Gasteiger partial charge in [0.2, 0.25) is 0 Å². The molecule has 3 N–H and O–H groups in total. The number of fused-ring (bicyclic) bond motifs is 1. The average Bonchev–Trinajstić information content (AvgIpc) is 3.27. The van der Waals surface area contributed by atoms with E-state index in [9.17, 15) is 9.59 Å². The van der Waals surface area contributed by atoms with Crippen LogP contribution in [0.5, 0.6) is 0 Å². The van der Waals surface area contributed by atoms with Gasteiger partial charge in [0, 0.05) is 32.1 Å². The normalized spacial score (nSPS) is 17.1. The van der Waals surface area contributed by atoms with Crippen molar-refractivity contribution in [3.63, 3.8) is 0 Å². The Morgan fingerprint density at radius 2 is 2.00 bits per heavy atom. The number of nitrogens with zero attached hydrogens (tertiary/aromatic N) is 5. The summed E-state index contributed by atoms with van der Waals surface area (Å²) in [5.74, 6) is 0.0917. The molecule has 0 radical (unpaired) electrons. The fourth-order valence-corrected chi connectivity index (χ4v) is 4.06. The summed E-state index contributed by atoms with van der Waals surface area (Å²) in [6, 6.07) is 8.82. The summed E-state index contributed by atoms with van der Waals surface area (Å²) in [6.45, 7) is 1.89. The Balaban J connectivity index is 1.48. The van der Waals surface area contributed by atoms with E-state index in [0.717, 1.165) is 18.5 Å². The molecule has 1 aliphatic rings. The zero-order chi connectivity index (χ0) is 24.5. The van der Waals surface area contributed by atoms with E-state index in [2.05, 4.69) is 31.0 Å². The second-order valence-corrected chi connectivity index (χ2v) is 8.38. The molecule has 2 atom stereocenters. The molecule has 1 amide bonds. The number of pyridine rings is 2. The number of carbonyl (C=O) groups is 1. The molecule has 1 saturated carbocycles. The molecule has 0 bridgehead atoms. The lowest BCUT2D eigenvalue weighted by atomic mass is 9.89. The number of amides is 1. The summed E-state index contributed by atoms with van der Waals surface area (Å²) < 4.78 is 8.35. The van der Waals surface area contributed by atoms with E-state index in [0.29, 0.717) is 28.5 Å². The van der Waals surface area contributed by atoms with Gasteiger partial charge in [-0.15, -0.1) is 5.10 Å². The van der Waals surface area contributed by atoms with Crippen LogP contribution >= 0.6 is 0 Å². The Morgan fingerprint density at radius 1 is 1.14 bits per heavy atom. The minimum atomic E-state index is -0.287. The Morgan fingerprint density at radius 3 is 2.69 bits per heavy atom. The van der Waals surface area contributed by atoms with Crippen LogP contribution < -0.4 is 21.5 Å². The van der Waals surface area contributed by atoms with Crippen LogP contribution in [-0.4, -0.2) is 56.4 Å². The third-order valence-corrected chi connectivity index (χ3v) is 6.18. The minimum Gasteiger partial charge on any atom is -0.385 e. The molecule has 11 heteroatoms. The number of hydrogen-bond donors (Lipinski definition) is 3. The van der Waals surface area contributed by atoms with E-state index in [-0.39, 0.29) is 29.3 Å². The Labute approximate surface area is 201 Å². The van der Waals surface area contributed by atoms with Gasteiger partial charge in [-0.05, 0) is 44.0 Å². The third-order valence-electron chi connectivity index (χ3n) is 6.18. The molecule has 0 aliphatic heterocycles. The number of anilines is 3. The van der Waals surface area contributed by atoms with E-state index in [1.165, 1.54) is 15.3 Å². The number of rotatable bonds is 7. The Kier molecular flexibility index (Phi) is 5.91. The van der Waals surface area contributed by atoms with E-state index in [1.807, 2.05) is 19.1 Å². The summed E-state index contributed by atoms with van der Waals surface area (Å²) in [5.41, 5.74) is 3.02. The van der Waals surface area contributed by atoms with Gasteiger partial charge in [0.05, 0.1) is 35.9 Å². The van der Waals surface area contributed by atoms with Gasteiger partial charge in [0.15, 0.2) is 17.2 Å². The topological polar surface area (TPSA) is 127 Å². The summed E-state index contributed by atoms with van der Waals surface area (Å²) in [5, 5.41) is 13.7.